The molecule has 18 heavy (non-hydrogen) atoms. The number of anilines is 1. The van der Waals surface area contributed by atoms with Gasteiger partial charge in [0.1, 0.15) is 5.92 Å². The second kappa shape index (κ2) is 6.61. The van der Waals surface area contributed by atoms with Crippen LogP contribution in [0.15, 0.2) is 18.2 Å². The lowest BCUT2D eigenvalue weighted by Crippen LogP contribution is -2.28. The Kier molecular flexibility index (Phi) is 5.44. The van der Waals surface area contributed by atoms with Gasteiger partial charge in [0.05, 0.1) is 6.61 Å². The van der Waals surface area contributed by atoms with Gasteiger partial charge in [0.25, 0.3) is 0 Å². The lowest BCUT2D eigenvalue weighted by atomic mass is 10.1. The van der Waals surface area contributed by atoms with Crippen molar-refractivity contribution < 1.29 is 14.3 Å². The van der Waals surface area contributed by atoms with E-state index in [9.17, 15) is 9.59 Å². The number of hydrogen-bond acceptors (Lipinski definition) is 3. The number of hydrogen-bond donors (Lipinski definition) is 1. The van der Waals surface area contributed by atoms with Gasteiger partial charge in [0.2, 0.25) is 5.91 Å². The number of ether oxygens (including phenoxy) is 1. The van der Waals surface area contributed by atoms with Gasteiger partial charge >= 0.3 is 5.97 Å². The summed E-state index contributed by atoms with van der Waals surface area (Å²) in [6, 6.07) is 4.64. The van der Waals surface area contributed by atoms with Gasteiger partial charge in [0, 0.05) is 15.7 Å². The minimum atomic E-state index is -0.886. The van der Waals surface area contributed by atoms with E-state index in [1.165, 1.54) is 6.92 Å². The molecule has 4 nitrogen and oxygen atoms in total. The maximum atomic E-state index is 11.8. The van der Waals surface area contributed by atoms with E-state index in [0.29, 0.717) is 15.7 Å². The zero-order valence-corrected chi connectivity index (χ0v) is 11.5. The Labute approximate surface area is 115 Å². The van der Waals surface area contributed by atoms with Crippen LogP contribution in [0.25, 0.3) is 0 Å². The standard InChI is InChI=1S/C12H13Cl2NO3/c1-3-18-12(17)7(2)11(16)15-10-5-8(13)4-9(14)6-10/h4-7H,3H2,1-2H3,(H,15,16). The van der Waals surface area contributed by atoms with Crippen LogP contribution < -0.4 is 5.32 Å². The fourth-order valence-electron chi connectivity index (χ4n) is 1.25. The summed E-state index contributed by atoms with van der Waals surface area (Å²) in [4.78, 5) is 23.1. The van der Waals surface area contributed by atoms with Crippen LogP contribution in [-0.4, -0.2) is 18.5 Å². The molecule has 0 aliphatic rings. The third kappa shape index (κ3) is 4.20. The van der Waals surface area contributed by atoms with Crippen LogP contribution in [0.1, 0.15) is 13.8 Å². The number of carbonyl (C=O) groups excluding carboxylic acids is 2. The molecule has 1 amide bonds. The number of benzene rings is 1. The van der Waals surface area contributed by atoms with Crippen molar-refractivity contribution in [1.29, 1.82) is 0 Å². The maximum Gasteiger partial charge on any atom is 0.318 e. The third-order valence-electron chi connectivity index (χ3n) is 2.16. The van der Waals surface area contributed by atoms with Crippen LogP contribution in [0.3, 0.4) is 0 Å². The number of rotatable bonds is 4. The molecule has 1 unspecified atom stereocenters. The van der Waals surface area contributed by atoms with E-state index in [1.54, 1.807) is 25.1 Å². The molecule has 1 N–H and O–H groups in total. The Morgan fingerprint density at radius 1 is 1.28 bits per heavy atom. The molecule has 98 valence electrons. The molecule has 0 aromatic heterocycles. The zero-order valence-electron chi connectivity index (χ0n) is 10.00. The highest BCUT2D eigenvalue weighted by atomic mass is 35.5. The predicted molar refractivity (Wildman–Crippen MR) is 70.9 cm³/mol. The van der Waals surface area contributed by atoms with Crippen LogP contribution in [0.2, 0.25) is 10.0 Å². The number of esters is 1. The van der Waals surface area contributed by atoms with E-state index in [4.69, 9.17) is 27.9 Å². The van der Waals surface area contributed by atoms with Gasteiger partial charge in [-0.2, -0.15) is 0 Å². The first-order valence-corrected chi connectivity index (χ1v) is 6.13. The fraction of sp³-hybridized carbons (Fsp3) is 0.333. The van der Waals surface area contributed by atoms with E-state index >= 15 is 0 Å². The van der Waals surface area contributed by atoms with E-state index in [0.717, 1.165) is 0 Å². The first-order valence-electron chi connectivity index (χ1n) is 5.37. The van der Waals surface area contributed by atoms with E-state index in [1.807, 2.05) is 0 Å². The smallest absolute Gasteiger partial charge is 0.318 e. The first kappa shape index (κ1) is 14.8. The molecular formula is C12H13Cl2NO3. The predicted octanol–water partition coefficient (Wildman–Crippen LogP) is 3.13. The van der Waals surface area contributed by atoms with Crippen molar-refractivity contribution >= 4 is 40.8 Å². The zero-order chi connectivity index (χ0) is 13.7. The Balaban J connectivity index is 2.72. The third-order valence-corrected chi connectivity index (χ3v) is 2.60. The Morgan fingerprint density at radius 2 is 1.83 bits per heavy atom. The van der Waals surface area contributed by atoms with Gasteiger partial charge < -0.3 is 10.1 Å². The quantitative estimate of drug-likeness (QED) is 0.684. The van der Waals surface area contributed by atoms with Gasteiger partial charge in [-0.3, -0.25) is 9.59 Å². The molecule has 0 spiro atoms. The molecule has 1 aromatic carbocycles. The van der Waals surface area contributed by atoms with Crippen LogP contribution in [0, 0.1) is 5.92 Å². The summed E-state index contributed by atoms with van der Waals surface area (Å²) in [6.45, 7) is 3.39. The van der Waals surface area contributed by atoms with Gasteiger partial charge in [-0.05, 0) is 32.0 Å². The minimum absolute atomic E-state index is 0.236. The minimum Gasteiger partial charge on any atom is -0.465 e. The van der Waals surface area contributed by atoms with Crippen molar-refractivity contribution in [2.24, 2.45) is 5.92 Å². The van der Waals surface area contributed by atoms with E-state index in [-0.39, 0.29) is 6.61 Å². The summed E-state index contributed by atoms with van der Waals surface area (Å²) in [5.41, 5.74) is 0.439. The summed E-state index contributed by atoms with van der Waals surface area (Å²) in [5.74, 6) is -1.92. The normalized spacial score (nSPS) is 11.8. The fourth-order valence-corrected chi connectivity index (χ4v) is 1.78. The molecule has 0 heterocycles. The number of carbonyl (C=O) groups is 2. The Morgan fingerprint density at radius 3 is 2.33 bits per heavy atom. The molecule has 0 aliphatic heterocycles. The second-order valence-electron chi connectivity index (χ2n) is 3.62. The average Bonchev–Trinajstić information content (AvgIpc) is 2.26. The largest absolute Gasteiger partial charge is 0.465 e. The highest BCUT2D eigenvalue weighted by Crippen LogP contribution is 2.22. The summed E-state index contributed by atoms with van der Waals surface area (Å²) in [5, 5.41) is 3.36. The average molecular weight is 290 g/mol. The van der Waals surface area contributed by atoms with Crippen molar-refractivity contribution in [2.75, 3.05) is 11.9 Å². The van der Waals surface area contributed by atoms with Crippen molar-refractivity contribution in [1.82, 2.24) is 0 Å². The second-order valence-corrected chi connectivity index (χ2v) is 4.49. The monoisotopic (exact) mass is 289 g/mol. The van der Waals surface area contributed by atoms with Crippen molar-refractivity contribution in [3.8, 4) is 0 Å². The molecule has 6 heteroatoms. The SMILES string of the molecule is CCOC(=O)C(C)C(=O)Nc1cc(Cl)cc(Cl)c1. The molecule has 0 saturated heterocycles. The van der Waals surface area contributed by atoms with Crippen molar-refractivity contribution in [2.45, 2.75) is 13.8 Å². The molecule has 1 atom stereocenters. The first-order chi connectivity index (χ1) is 8.43. The summed E-state index contributed by atoms with van der Waals surface area (Å²) < 4.78 is 4.76. The molecule has 0 fully saturated rings. The molecular weight excluding hydrogens is 277 g/mol. The topological polar surface area (TPSA) is 55.4 Å². The van der Waals surface area contributed by atoms with Crippen LogP contribution in [-0.2, 0) is 14.3 Å². The summed E-state index contributed by atoms with van der Waals surface area (Å²) >= 11 is 11.6. The van der Waals surface area contributed by atoms with Crippen LogP contribution >= 0.6 is 23.2 Å². The lowest BCUT2D eigenvalue weighted by molar-refractivity contribution is -0.150. The van der Waals surface area contributed by atoms with E-state index in [2.05, 4.69) is 5.32 Å². The number of halogens is 2. The Hall–Kier alpha value is -1.26. The molecule has 1 rings (SSSR count). The van der Waals surface area contributed by atoms with Crippen molar-refractivity contribution in [3.63, 3.8) is 0 Å². The molecule has 0 radical (unpaired) electrons. The highest BCUT2D eigenvalue weighted by molar-refractivity contribution is 6.35. The molecule has 0 aliphatic carbocycles. The highest BCUT2D eigenvalue weighted by Gasteiger charge is 2.22. The van der Waals surface area contributed by atoms with Crippen LogP contribution in [0.4, 0.5) is 5.69 Å². The van der Waals surface area contributed by atoms with E-state index < -0.39 is 17.8 Å². The Bertz CT molecular complexity index is 442. The van der Waals surface area contributed by atoms with Gasteiger partial charge in [-0.25, -0.2) is 0 Å². The van der Waals surface area contributed by atoms with Crippen LogP contribution in [0.5, 0.6) is 0 Å². The summed E-state index contributed by atoms with van der Waals surface area (Å²) in [7, 11) is 0. The lowest BCUT2D eigenvalue weighted by Gasteiger charge is -2.11. The maximum absolute atomic E-state index is 11.8. The number of nitrogens with one attached hydrogen (secondary N) is 1. The molecule has 1 aromatic rings. The van der Waals surface area contributed by atoms with Gasteiger partial charge in [0.15, 0.2) is 0 Å². The number of amides is 1. The van der Waals surface area contributed by atoms with Gasteiger partial charge in [-0.1, -0.05) is 23.2 Å². The van der Waals surface area contributed by atoms with Gasteiger partial charge in [-0.15, -0.1) is 0 Å². The molecule has 0 saturated carbocycles. The summed E-state index contributed by atoms with van der Waals surface area (Å²) in [6.07, 6.45) is 0. The molecule has 0 bridgehead atoms. The van der Waals surface area contributed by atoms with Crippen molar-refractivity contribution in [3.05, 3.63) is 28.2 Å².